The van der Waals surface area contributed by atoms with E-state index in [9.17, 15) is 18.8 Å². The molecular formula is C20H21FN2O5. The lowest BCUT2D eigenvalue weighted by atomic mass is 10.1. The first-order chi connectivity index (χ1) is 13.2. The van der Waals surface area contributed by atoms with Crippen molar-refractivity contribution >= 4 is 29.2 Å². The molecular weight excluding hydrogens is 367 g/mol. The van der Waals surface area contributed by atoms with Gasteiger partial charge < -0.3 is 20.1 Å². The van der Waals surface area contributed by atoms with Crippen LogP contribution in [0.25, 0.3) is 0 Å². The van der Waals surface area contributed by atoms with Gasteiger partial charge >= 0.3 is 5.97 Å². The van der Waals surface area contributed by atoms with Crippen LogP contribution in [0.4, 0.5) is 15.8 Å². The average molecular weight is 388 g/mol. The highest BCUT2D eigenvalue weighted by Crippen LogP contribution is 2.20. The third-order valence-corrected chi connectivity index (χ3v) is 3.48. The molecule has 0 fully saturated rings. The molecule has 2 aromatic rings. The number of ether oxygens (including phenoxy) is 2. The third-order valence-electron chi connectivity index (χ3n) is 3.48. The Kier molecular flexibility index (Phi) is 6.70. The molecule has 2 rings (SSSR count). The van der Waals surface area contributed by atoms with E-state index >= 15 is 0 Å². The lowest BCUT2D eigenvalue weighted by Crippen LogP contribution is -2.41. The second kappa shape index (κ2) is 8.98. The molecule has 0 saturated heterocycles. The summed E-state index contributed by atoms with van der Waals surface area (Å²) in [6.45, 7) is 3.82. The first kappa shape index (κ1) is 20.9. The van der Waals surface area contributed by atoms with E-state index in [0.29, 0.717) is 17.1 Å². The molecule has 2 N–H and O–H groups in total. The van der Waals surface area contributed by atoms with E-state index in [1.54, 1.807) is 24.3 Å². The summed E-state index contributed by atoms with van der Waals surface area (Å²) in [7, 11) is 0. The van der Waals surface area contributed by atoms with Crippen molar-refractivity contribution in [1.29, 1.82) is 0 Å². The normalized spacial score (nSPS) is 10.7. The Balaban J connectivity index is 1.88. The number of anilines is 2. The van der Waals surface area contributed by atoms with Crippen LogP contribution in [-0.4, -0.2) is 30.0 Å². The number of hydrogen-bond donors (Lipinski definition) is 2. The Hall–Kier alpha value is -3.42. The fourth-order valence-electron chi connectivity index (χ4n) is 2.22. The van der Waals surface area contributed by atoms with Crippen LogP contribution in [-0.2, 0) is 19.1 Å². The van der Waals surface area contributed by atoms with Crippen LogP contribution in [0, 0.1) is 5.82 Å². The minimum Gasteiger partial charge on any atom is -0.476 e. The van der Waals surface area contributed by atoms with Crippen LogP contribution in [0.5, 0.6) is 5.75 Å². The molecule has 28 heavy (non-hydrogen) atoms. The Morgan fingerprint density at radius 2 is 1.61 bits per heavy atom. The Labute approximate surface area is 161 Å². The van der Waals surface area contributed by atoms with Crippen LogP contribution in [0.15, 0.2) is 48.5 Å². The van der Waals surface area contributed by atoms with Gasteiger partial charge in [0.1, 0.15) is 11.6 Å². The summed E-state index contributed by atoms with van der Waals surface area (Å²) in [5.74, 6) is -1.67. The van der Waals surface area contributed by atoms with E-state index < -0.39 is 29.9 Å². The number of carbonyl (C=O) groups is 3. The number of carbonyl (C=O) groups excluding carboxylic acids is 3. The van der Waals surface area contributed by atoms with Gasteiger partial charge in [-0.25, -0.2) is 9.18 Å². The molecule has 148 valence electrons. The molecule has 7 nitrogen and oxygen atoms in total. The summed E-state index contributed by atoms with van der Waals surface area (Å²) >= 11 is 0. The maximum Gasteiger partial charge on any atom is 0.350 e. The quantitative estimate of drug-likeness (QED) is 0.711. The van der Waals surface area contributed by atoms with Gasteiger partial charge in [-0.2, -0.15) is 0 Å². The van der Waals surface area contributed by atoms with Crippen molar-refractivity contribution in [2.24, 2.45) is 0 Å². The first-order valence-electron chi connectivity index (χ1n) is 8.45. The smallest absolute Gasteiger partial charge is 0.350 e. The minimum absolute atomic E-state index is 0.235. The van der Waals surface area contributed by atoms with E-state index in [-0.39, 0.29) is 5.91 Å². The highest BCUT2D eigenvalue weighted by atomic mass is 19.1. The van der Waals surface area contributed by atoms with E-state index in [1.165, 1.54) is 45.0 Å². The van der Waals surface area contributed by atoms with Crippen molar-refractivity contribution < 1.29 is 28.2 Å². The van der Waals surface area contributed by atoms with Crippen molar-refractivity contribution in [3.05, 3.63) is 54.3 Å². The molecule has 0 aliphatic heterocycles. The molecule has 0 saturated carbocycles. The lowest BCUT2D eigenvalue weighted by molar-refractivity contribution is -0.161. The highest BCUT2D eigenvalue weighted by molar-refractivity contribution is 5.95. The topological polar surface area (TPSA) is 93.7 Å². The van der Waals surface area contributed by atoms with Gasteiger partial charge in [-0.1, -0.05) is 6.07 Å². The number of rotatable bonds is 7. The Bertz CT molecular complexity index is 865. The zero-order chi connectivity index (χ0) is 20.7. The summed E-state index contributed by atoms with van der Waals surface area (Å²) in [6.07, 6.45) is 0. The molecule has 0 heterocycles. The molecule has 0 spiro atoms. The summed E-state index contributed by atoms with van der Waals surface area (Å²) in [6, 6.07) is 11.7. The van der Waals surface area contributed by atoms with Crippen molar-refractivity contribution in [2.75, 3.05) is 17.2 Å². The lowest BCUT2D eigenvalue weighted by Gasteiger charge is -2.24. The highest BCUT2D eigenvalue weighted by Gasteiger charge is 2.32. The fourth-order valence-corrected chi connectivity index (χ4v) is 2.22. The predicted octanol–water partition coefficient (Wildman–Crippen LogP) is 3.12. The molecule has 0 radical (unpaired) electrons. The molecule has 2 aromatic carbocycles. The van der Waals surface area contributed by atoms with Crippen LogP contribution in [0.1, 0.15) is 20.8 Å². The Morgan fingerprint density at radius 3 is 2.21 bits per heavy atom. The summed E-state index contributed by atoms with van der Waals surface area (Å²) < 4.78 is 23.5. The monoisotopic (exact) mass is 388 g/mol. The molecule has 2 amide bonds. The van der Waals surface area contributed by atoms with E-state index in [1.807, 2.05) is 0 Å². The van der Waals surface area contributed by atoms with Crippen molar-refractivity contribution in [3.8, 4) is 5.75 Å². The summed E-state index contributed by atoms with van der Waals surface area (Å²) in [5, 5.41) is 5.17. The summed E-state index contributed by atoms with van der Waals surface area (Å²) in [5.41, 5.74) is -0.408. The van der Waals surface area contributed by atoms with Gasteiger partial charge in [0.2, 0.25) is 5.91 Å². The fraction of sp³-hybridized carbons (Fsp3) is 0.250. The second-order valence-corrected chi connectivity index (χ2v) is 6.45. The maximum atomic E-state index is 12.9. The minimum atomic E-state index is -1.37. The molecule has 8 heteroatoms. The maximum absolute atomic E-state index is 12.9. The number of esters is 1. The predicted molar refractivity (Wildman–Crippen MR) is 101 cm³/mol. The van der Waals surface area contributed by atoms with Gasteiger partial charge in [-0.05, 0) is 56.3 Å². The molecule has 0 unspecified atom stereocenters. The van der Waals surface area contributed by atoms with Gasteiger partial charge in [0.05, 0.1) is 0 Å². The van der Waals surface area contributed by atoms with Crippen molar-refractivity contribution in [3.63, 3.8) is 0 Å². The van der Waals surface area contributed by atoms with Crippen molar-refractivity contribution in [2.45, 2.75) is 26.4 Å². The zero-order valence-corrected chi connectivity index (χ0v) is 15.7. The van der Waals surface area contributed by atoms with Crippen LogP contribution in [0.3, 0.4) is 0 Å². The Morgan fingerprint density at radius 1 is 1.00 bits per heavy atom. The third kappa shape index (κ3) is 6.39. The number of amides is 2. The molecule has 0 bridgehead atoms. The first-order valence-corrected chi connectivity index (χ1v) is 8.45. The average Bonchev–Trinajstić information content (AvgIpc) is 2.61. The van der Waals surface area contributed by atoms with Gasteiger partial charge in [-0.15, -0.1) is 0 Å². The number of halogens is 1. The number of benzene rings is 2. The molecule has 0 atom stereocenters. The largest absolute Gasteiger partial charge is 0.476 e. The molecule has 0 aliphatic rings. The van der Waals surface area contributed by atoms with Crippen molar-refractivity contribution in [1.82, 2.24) is 0 Å². The van der Waals surface area contributed by atoms with Crippen LogP contribution < -0.4 is 15.4 Å². The van der Waals surface area contributed by atoms with Gasteiger partial charge in [0.25, 0.3) is 5.91 Å². The van der Waals surface area contributed by atoms with Gasteiger partial charge in [0.15, 0.2) is 12.2 Å². The van der Waals surface area contributed by atoms with E-state index in [2.05, 4.69) is 10.6 Å². The number of hydrogen-bond acceptors (Lipinski definition) is 5. The van der Waals surface area contributed by atoms with Gasteiger partial charge in [-0.3, -0.25) is 9.59 Å². The molecule has 0 aromatic heterocycles. The van der Waals surface area contributed by atoms with Gasteiger partial charge in [0, 0.05) is 18.3 Å². The van der Waals surface area contributed by atoms with E-state index in [4.69, 9.17) is 9.47 Å². The summed E-state index contributed by atoms with van der Waals surface area (Å²) in [4.78, 5) is 35.3. The SMILES string of the molecule is CC(=O)Nc1cccc(NC(=O)COC(=O)C(C)(C)Oc2ccc(F)cc2)c1. The second-order valence-electron chi connectivity index (χ2n) is 6.45. The standard InChI is InChI=1S/C20H21FN2O5/c1-13(24)22-15-5-4-6-16(11-15)23-18(25)12-27-19(26)20(2,3)28-17-9-7-14(21)8-10-17/h4-11H,12H2,1-3H3,(H,22,24)(H,23,25). The number of nitrogens with one attached hydrogen (secondary N) is 2. The van der Waals surface area contributed by atoms with Crippen LogP contribution >= 0.6 is 0 Å². The molecule has 0 aliphatic carbocycles. The van der Waals surface area contributed by atoms with E-state index in [0.717, 1.165) is 0 Å². The zero-order valence-electron chi connectivity index (χ0n) is 15.7. The van der Waals surface area contributed by atoms with Crippen LogP contribution in [0.2, 0.25) is 0 Å².